The Labute approximate surface area is 125 Å². The minimum absolute atomic E-state index is 0.0549. The molecule has 2 aromatic carbocycles. The molecule has 21 heavy (non-hydrogen) atoms. The molecule has 0 spiro atoms. The normalized spacial score (nSPS) is 9.67. The first-order valence-corrected chi connectivity index (χ1v) is 6.75. The lowest BCUT2D eigenvalue weighted by molar-refractivity contribution is 0.0993. The first-order chi connectivity index (χ1) is 10.1. The monoisotopic (exact) mass is 278 g/mol. The quantitative estimate of drug-likeness (QED) is 0.858. The molecule has 3 heteroatoms. The second kappa shape index (κ2) is 6.74. The number of carbonyl (C=O) groups excluding carboxylic acids is 1. The van der Waals surface area contributed by atoms with E-state index in [9.17, 15) is 4.79 Å². The Bertz CT molecular complexity index is 696. The summed E-state index contributed by atoms with van der Waals surface area (Å²) < 4.78 is 0. The first kappa shape index (κ1) is 14.8. The molecule has 0 atom stereocenters. The van der Waals surface area contributed by atoms with Gasteiger partial charge in [-0.05, 0) is 42.8 Å². The highest BCUT2D eigenvalue weighted by molar-refractivity contribution is 6.06. The van der Waals surface area contributed by atoms with Crippen LogP contribution in [0.15, 0.2) is 48.5 Å². The number of rotatable bonds is 2. The lowest BCUT2D eigenvalue weighted by Gasteiger charge is -2.17. The predicted octanol–water partition coefficient (Wildman–Crippen LogP) is 2.58. The third-order valence-electron chi connectivity index (χ3n) is 3.11. The summed E-state index contributed by atoms with van der Waals surface area (Å²) >= 11 is 0. The molecule has 0 unspecified atom stereocenters. The van der Waals surface area contributed by atoms with Crippen LogP contribution in [0.1, 0.15) is 21.5 Å². The van der Waals surface area contributed by atoms with Crippen molar-refractivity contribution in [2.45, 2.75) is 6.92 Å². The number of amides is 1. The topological polar surface area (TPSA) is 46.3 Å². The Morgan fingerprint density at radius 2 is 1.90 bits per heavy atom. The van der Waals surface area contributed by atoms with E-state index in [4.69, 9.17) is 5.73 Å². The average molecular weight is 278 g/mol. The number of para-hydroxylation sites is 1. The summed E-state index contributed by atoms with van der Waals surface area (Å²) in [5, 5.41) is 0. The van der Waals surface area contributed by atoms with Crippen LogP contribution in [-0.2, 0) is 0 Å². The first-order valence-electron chi connectivity index (χ1n) is 6.75. The van der Waals surface area contributed by atoms with Crippen molar-refractivity contribution in [3.63, 3.8) is 0 Å². The van der Waals surface area contributed by atoms with Gasteiger partial charge >= 0.3 is 0 Å². The summed E-state index contributed by atoms with van der Waals surface area (Å²) in [5.74, 6) is 5.73. The van der Waals surface area contributed by atoms with Crippen molar-refractivity contribution in [1.29, 1.82) is 0 Å². The standard InChI is InChI=1S/C18H18N2O/c1-14-11-15(7-6-10-19)13-16(12-14)18(21)20(2)17-8-4-3-5-9-17/h3-5,8-9,11-13H,10,19H2,1-2H3. The number of anilines is 1. The average Bonchev–Trinajstić information content (AvgIpc) is 2.51. The molecule has 106 valence electrons. The zero-order chi connectivity index (χ0) is 15.2. The predicted molar refractivity (Wildman–Crippen MR) is 86.3 cm³/mol. The maximum absolute atomic E-state index is 12.6. The van der Waals surface area contributed by atoms with E-state index >= 15 is 0 Å². The fraction of sp³-hybridized carbons (Fsp3) is 0.167. The highest BCUT2D eigenvalue weighted by atomic mass is 16.2. The molecule has 0 bridgehead atoms. The number of nitrogens with zero attached hydrogens (tertiary/aromatic N) is 1. The van der Waals surface area contributed by atoms with Crippen LogP contribution in [0.2, 0.25) is 0 Å². The Kier molecular flexibility index (Phi) is 4.76. The molecule has 0 aliphatic rings. The van der Waals surface area contributed by atoms with Gasteiger partial charge in [0, 0.05) is 23.9 Å². The molecule has 0 saturated heterocycles. The smallest absolute Gasteiger partial charge is 0.258 e. The van der Waals surface area contributed by atoms with Gasteiger partial charge in [-0.2, -0.15) is 0 Å². The van der Waals surface area contributed by atoms with E-state index in [2.05, 4.69) is 11.8 Å². The number of hydrogen-bond acceptors (Lipinski definition) is 2. The third kappa shape index (κ3) is 3.71. The lowest BCUT2D eigenvalue weighted by atomic mass is 10.1. The molecule has 0 aromatic heterocycles. The van der Waals surface area contributed by atoms with E-state index in [1.165, 1.54) is 0 Å². The molecule has 0 heterocycles. The van der Waals surface area contributed by atoms with Crippen molar-refractivity contribution >= 4 is 11.6 Å². The molecule has 2 aromatic rings. The second-order valence-electron chi connectivity index (χ2n) is 4.79. The van der Waals surface area contributed by atoms with Crippen LogP contribution in [-0.4, -0.2) is 19.5 Å². The van der Waals surface area contributed by atoms with Crippen molar-refractivity contribution in [1.82, 2.24) is 0 Å². The van der Waals surface area contributed by atoms with E-state index in [0.29, 0.717) is 12.1 Å². The van der Waals surface area contributed by atoms with Crippen LogP contribution < -0.4 is 10.6 Å². The molecule has 2 N–H and O–H groups in total. The Morgan fingerprint density at radius 3 is 2.57 bits per heavy atom. The van der Waals surface area contributed by atoms with Crippen LogP contribution >= 0.6 is 0 Å². The summed E-state index contributed by atoms with van der Waals surface area (Å²) in [7, 11) is 1.77. The van der Waals surface area contributed by atoms with Gasteiger partial charge in [0.15, 0.2) is 0 Å². The maximum Gasteiger partial charge on any atom is 0.258 e. The summed E-state index contributed by atoms with van der Waals surface area (Å²) in [5.41, 5.74) is 8.69. The molecule has 0 aliphatic carbocycles. The van der Waals surface area contributed by atoms with E-state index in [1.807, 2.05) is 49.4 Å². The summed E-state index contributed by atoms with van der Waals surface area (Å²) in [4.78, 5) is 14.2. The summed E-state index contributed by atoms with van der Waals surface area (Å²) in [6, 6.07) is 15.2. The molecular weight excluding hydrogens is 260 g/mol. The minimum Gasteiger partial charge on any atom is -0.320 e. The van der Waals surface area contributed by atoms with E-state index in [0.717, 1.165) is 16.8 Å². The maximum atomic E-state index is 12.6. The molecule has 0 aliphatic heterocycles. The van der Waals surface area contributed by atoms with E-state index < -0.39 is 0 Å². The number of nitrogens with two attached hydrogens (primary N) is 1. The number of benzene rings is 2. The molecule has 3 nitrogen and oxygen atoms in total. The molecular formula is C18H18N2O. The van der Waals surface area contributed by atoms with Crippen molar-refractivity contribution in [3.8, 4) is 11.8 Å². The van der Waals surface area contributed by atoms with Crippen molar-refractivity contribution in [2.75, 3.05) is 18.5 Å². The van der Waals surface area contributed by atoms with Gasteiger partial charge in [0.05, 0.1) is 6.54 Å². The molecule has 2 rings (SSSR count). The highest BCUT2D eigenvalue weighted by Crippen LogP contribution is 2.16. The van der Waals surface area contributed by atoms with E-state index in [1.54, 1.807) is 18.0 Å². The van der Waals surface area contributed by atoms with Gasteiger partial charge < -0.3 is 10.6 Å². The minimum atomic E-state index is -0.0549. The van der Waals surface area contributed by atoms with Crippen LogP contribution in [0.5, 0.6) is 0 Å². The molecule has 0 radical (unpaired) electrons. The summed E-state index contributed by atoms with van der Waals surface area (Å²) in [6.45, 7) is 2.26. The van der Waals surface area contributed by atoms with Gasteiger partial charge in [-0.15, -0.1) is 0 Å². The number of carbonyl (C=O) groups is 1. The highest BCUT2D eigenvalue weighted by Gasteiger charge is 2.14. The van der Waals surface area contributed by atoms with Crippen molar-refractivity contribution in [3.05, 3.63) is 65.2 Å². The Morgan fingerprint density at radius 1 is 1.19 bits per heavy atom. The van der Waals surface area contributed by atoms with Crippen LogP contribution in [0.4, 0.5) is 5.69 Å². The van der Waals surface area contributed by atoms with Crippen LogP contribution in [0, 0.1) is 18.8 Å². The molecule has 0 saturated carbocycles. The van der Waals surface area contributed by atoms with Gasteiger partial charge in [-0.25, -0.2) is 0 Å². The fourth-order valence-corrected chi connectivity index (χ4v) is 2.09. The van der Waals surface area contributed by atoms with Crippen LogP contribution in [0.25, 0.3) is 0 Å². The number of aryl methyl sites for hydroxylation is 1. The Balaban J connectivity index is 2.33. The fourth-order valence-electron chi connectivity index (χ4n) is 2.09. The molecule has 1 amide bonds. The van der Waals surface area contributed by atoms with Gasteiger partial charge in [0.25, 0.3) is 5.91 Å². The van der Waals surface area contributed by atoms with Gasteiger partial charge in [0.1, 0.15) is 0 Å². The second-order valence-corrected chi connectivity index (χ2v) is 4.79. The molecule has 0 fully saturated rings. The lowest BCUT2D eigenvalue weighted by Crippen LogP contribution is -2.26. The Hall–Kier alpha value is -2.57. The van der Waals surface area contributed by atoms with E-state index in [-0.39, 0.29) is 5.91 Å². The van der Waals surface area contributed by atoms with Gasteiger partial charge in [-0.1, -0.05) is 30.0 Å². The van der Waals surface area contributed by atoms with Crippen LogP contribution in [0.3, 0.4) is 0 Å². The summed E-state index contributed by atoms with van der Waals surface area (Å²) in [6.07, 6.45) is 0. The zero-order valence-electron chi connectivity index (χ0n) is 12.3. The van der Waals surface area contributed by atoms with Crippen molar-refractivity contribution < 1.29 is 4.79 Å². The van der Waals surface area contributed by atoms with Gasteiger partial charge in [-0.3, -0.25) is 4.79 Å². The van der Waals surface area contributed by atoms with Gasteiger partial charge in [0.2, 0.25) is 0 Å². The third-order valence-corrected chi connectivity index (χ3v) is 3.11. The zero-order valence-corrected chi connectivity index (χ0v) is 12.3. The number of hydrogen-bond donors (Lipinski definition) is 1. The SMILES string of the molecule is Cc1cc(C#CCN)cc(C(=O)N(C)c2ccccc2)c1. The largest absolute Gasteiger partial charge is 0.320 e. The van der Waals surface area contributed by atoms with Crippen molar-refractivity contribution in [2.24, 2.45) is 5.73 Å².